The number of aryl methyl sites for hydroxylation is 1. The van der Waals surface area contributed by atoms with E-state index in [1.54, 1.807) is 6.07 Å². The lowest BCUT2D eigenvalue weighted by atomic mass is 10.0. The number of rotatable bonds is 7. The Balaban J connectivity index is 1.92. The summed E-state index contributed by atoms with van der Waals surface area (Å²) in [6.45, 7) is 8.90. The maximum atomic E-state index is 14.3. The molecule has 0 radical (unpaired) electrons. The van der Waals surface area contributed by atoms with Crippen LogP contribution in [0.3, 0.4) is 0 Å². The van der Waals surface area contributed by atoms with Gasteiger partial charge in [-0.2, -0.15) is 0 Å². The van der Waals surface area contributed by atoms with Crippen LogP contribution in [0.4, 0.5) is 10.2 Å². The Bertz CT molecular complexity index is 882. The third-order valence-electron chi connectivity index (χ3n) is 5.79. The van der Waals surface area contributed by atoms with Gasteiger partial charge in [-0.25, -0.2) is 14.4 Å². The van der Waals surface area contributed by atoms with E-state index in [2.05, 4.69) is 18.7 Å². The molecule has 0 saturated carbocycles. The average Bonchev–Trinajstić information content (AvgIpc) is 2.76. The van der Waals surface area contributed by atoms with Gasteiger partial charge in [0.25, 0.3) is 0 Å². The van der Waals surface area contributed by atoms with Crippen molar-refractivity contribution in [3.8, 4) is 0 Å². The van der Waals surface area contributed by atoms with E-state index in [-0.39, 0.29) is 24.2 Å². The number of carbonyl (C=O) groups is 1. The van der Waals surface area contributed by atoms with Gasteiger partial charge < -0.3 is 14.5 Å². The first-order valence-electron chi connectivity index (χ1n) is 10.6. The van der Waals surface area contributed by atoms with E-state index < -0.39 is 0 Å². The second kappa shape index (κ2) is 9.98. The number of methoxy groups -OCH3 is 1. The van der Waals surface area contributed by atoms with Crippen LogP contribution in [-0.4, -0.2) is 60.7 Å². The summed E-state index contributed by atoms with van der Waals surface area (Å²) < 4.78 is 19.3. The third kappa shape index (κ3) is 4.95. The highest BCUT2D eigenvalue weighted by Gasteiger charge is 2.26. The summed E-state index contributed by atoms with van der Waals surface area (Å²) in [6, 6.07) is 6.84. The number of ether oxygens (including phenoxy) is 1. The van der Waals surface area contributed by atoms with Gasteiger partial charge in [0, 0.05) is 56.9 Å². The van der Waals surface area contributed by atoms with Crippen LogP contribution in [0.15, 0.2) is 24.3 Å². The number of benzene rings is 1. The zero-order valence-electron chi connectivity index (χ0n) is 18.3. The van der Waals surface area contributed by atoms with Crippen LogP contribution in [0.2, 0.25) is 0 Å². The molecule has 30 heavy (non-hydrogen) atoms. The molecule has 2 heterocycles. The van der Waals surface area contributed by atoms with Crippen LogP contribution in [0.25, 0.3) is 0 Å². The van der Waals surface area contributed by atoms with Gasteiger partial charge in [0.2, 0.25) is 5.91 Å². The number of aromatic nitrogens is 2. The largest absolute Gasteiger partial charge is 0.375 e. The Labute approximate surface area is 178 Å². The van der Waals surface area contributed by atoms with E-state index in [4.69, 9.17) is 14.7 Å². The monoisotopic (exact) mass is 414 g/mol. The van der Waals surface area contributed by atoms with Crippen molar-refractivity contribution in [2.24, 2.45) is 0 Å². The number of anilines is 1. The predicted octanol–water partition coefficient (Wildman–Crippen LogP) is 3.32. The molecule has 2 aromatic rings. The highest BCUT2D eigenvalue weighted by Crippen LogP contribution is 2.28. The number of hydrogen-bond acceptors (Lipinski definition) is 5. The maximum absolute atomic E-state index is 14.3. The Morgan fingerprint density at radius 1 is 1.20 bits per heavy atom. The molecule has 1 saturated heterocycles. The second-order valence-electron chi connectivity index (χ2n) is 7.85. The van der Waals surface area contributed by atoms with E-state index in [1.807, 2.05) is 24.0 Å². The van der Waals surface area contributed by atoms with Crippen LogP contribution < -0.4 is 4.90 Å². The minimum absolute atomic E-state index is 0.00268. The summed E-state index contributed by atoms with van der Waals surface area (Å²) in [5, 5.41) is 0. The molecule has 1 aliphatic rings. The molecule has 0 spiro atoms. The SMILES string of the molecule is CC[C@H](C)c1nc(C)c(Cc2ccccc2F)c(N2CCN(C(=O)COC)CC2)n1. The maximum Gasteiger partial charge on any atom is 0.248 e. The number of hydrogen-bond donors (Lipinski definition) is 0. The van der Waals surface area contributed by atoms with Crippen molar-refractivity contribution in [2.75, 3.05) is 44.8 Å². The number of halogens is 1. The van der Waals surface area contributed by atoms with Crippen LogP contribution in [0.5, 0.6) is 0 Å². The first-order valence-corrected chi connectivity index (χ1v) is 10.6. The molecule has 1 aromatic carbocycles. The molecule has 1 atom stereocenters. The van der Waals surface area contributed by atoms with Gasteiger partial charge in [-0.1, -0.05) is 32.0 Å². The molecule has 162 valence electrons. The molecule has 7 heteroatoms. The summed E-state index contributed by atoms with van der Waals surface area (Å²) >= 11 is 0. The summed E-state index contributed by atoms with van der Waals surface area (Å²) in [6.07, 6.45) is 1.39. The normalized spacial score (nSPS) is 15.4. The predicted molar refractivity (Wildman–Crippen MR) is 115 cm³/mol. The van der Waals surface area contributed by atoms with E-state index in [0.717, 1.165) is 29.3 Å². The lowest BCUT2D eigenvalue weighted by Gasteiger charge is -2.36. The lowest BCUT2D eigenvalue weighted by molar-refractivity contribution is -0.135. The van der Waals surface area contributed by atoms with Gasteiger partial charge >= 0.3 is 0 Å². The topological polar surface area (TPSA) is 58.6 Å². The average molecular weight is 415 g/mol. The molecule has 1 aliphatic heterocycles. The number of amides is 1. The van der Waals surface area contributed by atoms with E-state index in [1.165, 1.54) is 13.2 Å². The van der Waals surface area contributed by atoms with E-state index in [0.29, 0.717) is 38.2 Å². The smallest absolute Gasteiger partial charge is 0.248 e. The Kier molecular flexibility index (Phi) is 7.37. The Morgan fingerprint density at radius 3 is 2.53 bits per heavy atom. The van der Waals surface area contributed by atoms with Crippen molar-refractivity contribution in [3.63, 3.8) is 0 Å². The first-order chi connectivity index (χ1) is 14.4. The van der Waals surface area contributed by atoms with E-state index in [9.17, 15) is 9.18 Å². The van der Waals surface area contributed by atoms with Gasteiger partial charge in [-0.15, -0.1) is 0 Å². The zero-order chi connectivity index (χ0) is 21.7. The molecule has 3 rings (SSSR count). The van der Waals surface area contributed by atoms with Crippen LogP contribution in [0.1, 0.15) is 48.8 Å². The van der Waals surface area contributed by atoms with Crippen molar-refractivity contribution < 1.29 is 13.9 Å². The van der Waals surface area contributed by atoms with Crippen molar-refractivity contribution in [1.29, 1.82) is 0 Å². The number of nitrogens with zero attached hydrogens (tertiary/aromatic N) is 4. The zero-order valence-corrected chi connectivity index (χ0v) is 18.3. The van der Waals surface area contributed by atoms with Crippen molar-refractivity contribution in [3.05, 3.63) is 52.7 Å². The molecule has 0 bridgehead atoms. The van der Waals surface area contributed by atoms with Crippen LogP contribution in [-0.2, 0) is 16.0 Å². The van der Waals surface area contributed by atoms with Crippen LogP contribution >= 0.6 is 0 Å². The molecular formula is C23H31FN4O2. The molecule has 6 nitrogen and oxygen atoms in total. The third-order valence-corrected chi connectivity index (χ3v) is 5.79. The van der Waals surface area contributed by atoms with Crippen molar-refractivity contribution >= 4 is 11.7 Å². The minimum atomic E-state index is -0.219. The fourth-order valence-electron chi connectivity index (χ4n) is 3.69. The van der Waals surface area contributed by atoms with Gasteiger partial charge in [-0.05, 0) is 25.0 Å². The number of piperazine rings is 1. The van der Waals surface area contributed by atoms with Gasteiger partial charge in [0.15, 0.2) is 0 Å². The molecule has 1 aromatic heterocycles. The summed E-state index contributed by atoms with van der Waals surface area (Å²) in [7, 11) is 1.53. The highest BCUT2D eigenvalue weighted by atomic mass is 19.1. The van der Waals surface area contributed by atoms with Crippen LogP contribution in [0, 0.1) is 12.7 Å². The number of carbonyl (C=O) groups excluding carboxylic acids is 1. The fourth-order valence-corrected chi connectivity index (χ4v) is 3.69. The molecule has 1 amide bonds. The van der Waals surface area contributed by atoms with E-state index >= 15 is 0 Å². The lowest BCUT2D eigenvalue weighted by Crippen LogP contribution is -2.50. The van der Waals surface area contributed by atoms with Crippen molar-refractivity contribution in [2.45, 2.75) is 39.5 Å². The Hall–Kier alpha value is -2.54. The van der Waals surface area contributed by atoms with Gasteiger partial charge in [0.1, 0.15) is 24.1 Å². The molecular weight excluding hydrogens is 383 g/mol. The van der Waals surface area contributed by atoms with Gasteiger partial charge in [0.05, 0.1) is 0 Å². The standard InChI is InChI=1S/C23H31FN4O2/c1-5-16(2)22-25-17(3)19(14-18-8-6-7-9-20(18)24)23(26-22)28-12-10-27(11-13-28)21(29)15-30-4/h6-9,16H,5,10-15H2,1-4H3/t16-/m0/s1. The second-order valence-corrected chi connectivity index (χ2v) is 7.85. The summed E-state index contributed by atoms with van der Waals surface area (Å²) in [5.74, 6) is 1.71. The Morgan fingerprint density at radius 2 is 1.90 bits per heavy atom. The molecule has 0 aliphatic carbocycles. The fraction of sp³-hybridized carbons (Fsp3) is 0.522. The minimum Gasteiger partial charge on any atom is -0.375 e. The first kappa shape index (κ1) is 22.2. The van der Waals surface area contributed by atoms with Gasteiger partial charge in [-0.3, -0.25) is 4.79 Å². The molecule has 0 unspecified atom stereocenters. The van der Waals surface area contributed by atoms with Crippen molar-refractivity contribution in [1.82, 2.24) is 14.9 Å². The summed E-state index contributed by atoms with van der Waals surface area (Å²) in [4.78, 5) is 25.8. The molecule has 1 fully saturated rings. The molecule has 0 N–H and O–H groups in total. The highest BCUT2D eigenvalue weighted by molar-refractivity contribution is 5.77. The quantitative estimate of drug-likeness (QED) is 0.696. The summed E-state index contributed by atoms with van der Waals surface area (Å²) in [5.41, 5.74) is 2.47.